The summed E-state index contributed by atoms with van der Waals surface area (Å²) in [4.78, 5) is 27.9. The number of anilines is 1. The van der Waals surface area contributed by atoms with Crippen LogP contribution < -0.4 is 4.90 Å². The van der Waals surface area contributed by atoms with E-state index in [1.807, 2.05) is 28.0 Å². The van der Waals surface area contributed by atoms with Gasteiger partial charge < -0.3 is 9.80 Å². The van der Waals surface area contributed by atoms with Crippen molar-refractivity contribution in [3.05, 3.63) is 59.9 Å². The van der Waals surface area contributed by atoms with E-state index in [4.69, 9.17) is 0 Å². The van der Waals surface area contributed by atoms with Gasteiger partial charge in [-0.15, -0.1) is 0 Å². The van der Waals surface area contributed by atoms with E-state index >= 15 is 0 Å². The van der Waals surface area contributed by atoms with E-state index in [0.29, 0.717) is 11.6 Å². The lowest BCUT2D eigenvalue weighted by Crippen LogP contribution is -2.48. The van der Waals surface area contributed by atoms with E-state index < -0.39 is 0 Å². The van der Waals surface area contributed by atoms with Gasteiger partial charge >= 0.3 is 0 Å². The van der Waals surface area contributed by atoms with Gasteiger partial charge in [-0.25, -0.2) is 9.97 Å². The molecule has 0 atom stereocenters. The SMILES string of the molecule is CCN(CC)c1nccc(C(=O)N2CCN(C/C=C/c3ccccc3)CC2)n1. The van der Waals surface area contributed by atoms with Crippen LogP contribution in [0, 0.1) is 0 Å². The highest BCUT2D eigenvalue weighted by molar-refractivity contribution is 5.92. The summed E-state index contributed by atoms with van der Waals surface area (Å²) in [7, 11) is 0. The molecule has 1 amide bonds. The minimum Gasteiger partial charge on any atom is -0.341 e. The molecule has 2 heterocycles. The maximum Gasteiger partial charge on any atom is 0.272 e. The Morgan fingerprint density at radius 3 is 2.46 bits per heavy atom. The molecule has 6 heteroatoms. The predicted molar refractivity (Wildman–Crippen MR) is 113 cm³/mol. The molecule has 0 unspecified atom stereocenters. The number of piperazine rings is 1. The first kappa shape index (κ1) is 20.0. The average Bonchev–Trinajstić information content (AvgIpc) is 2.76. The second-order valence-corrected chi connectivity index (χ2v) is 6.82. The molecule has 0 bridgehead atoms. The highest BCUT2D eigenvalue weighted by Crippen LogP contribution is 2.11. The van der Waals surface area contributed by atoms with Crippen molar-refractivity contribution in [1.82, 2.24) is 19.8 Å². The molecular weight excluding hydrogens is 350 g/mol. The van der Waals surface area contributed by atoms with Crippen molar-refractivity contribution >= 4 is 17.9 Å². The van der Waals surface area contributed by atoms with Gasteiger partial charge in [0.1, 0.15) is 5.69 Å². The third-order valence-electron chi connectivity index (χ3n) is 5.04. The molecule has 1 aromatic heterocycles. The highest BCUT2D eigenvalue weighted by atomic mass is 16.2. The van der Waals surface area contributed by atoms with E-state index in [9.17, 15) is 4.79 Å². The third kappa shape index (κ3) is 5.16. The van der Waals surface area contributed by atoms with Crippen LogP contribution in [0.1, 0.15) is 29.9 Å². The van der Waals surface area contributed by atoms with Crippen molar-refractivity contribution in [3.63, 3.8) is 0 Å². The van der Waals surface area contributed by atoms with Crippen LogP contribution in [0.5, 0.6) is 0 Å². The molecule has 0 spiro atoms. The largest absolute Gasteiger partial charge is 0.341 e. The monoisotopic (exact) mass is 379 g/mol. The first-order valence-corrected chi connectivity index (χ1v) is 10.0. The molecule has 1 aliphatic rings. The fourth-order valence-electron chi connectivity index (χ4n) is 3.32. The lowest BCUT2D eigenvalue weighted by atomic mass is 10.2. The Hall–Kier alpha value is -2.73. The number of amides is 1. The molecule has 3 rings (SSSR count). The summed E-state index contributed by atoms with van der Waals surface area (Å²) in [5.41, 5.74) is 1.69. The standard InChI is InChI=1S/C22H29N5O/c1-3-26(4-2)22-23-13-12-20(24-22)21(28)27-17-15-25(16-18-27)14-8-11-19-9-6-5-7-10-19/h5-13H,3-4,14-18H2,1-2H3/b11-8+. The topological polar surface area (TPSA) is 52.6 Å². The van der Waals surface area contributed by atoms with Crippen molar-refractivity contribution in [2.75, 3.05) is 50.7 Å². The Balaban J connectivity index is 1.52. The molecule has 0 saturated carbocycles. The lowest BCUT2D eigenvalue weighted by molar-refractivity contribution is 0.0644. The molecule has 6 nitrogen and oxygen atoms in total. The smallest absolute Gasteiger partial charge is 0.272 e. The maximum absolute atomic E-state index is 12.8. The Morgan fingerprint density at radius 2 is 1.79 bits per heavy atom. The minimum absolute atomic E-state index is 0.00437. The number of benzene rings is 1. The molecule has 1 saturated heterocycles. The van der Waals surface area contributed by atoms with Gasteiger partial charge in [-0.05, 0) is 25.5 Å². The van der Waals surface area contributed by atoms with E-state index in [-0.39, 0.29) is 5.91 Å². The maximum atomic E-state index is 12.8. The van der Waals surface area contributed by atoms with Crippen molar-refractivity contribution < 1.29 is 4.79 Å². The van der Waals surface area contributed by atoms with E-state index in [1.54, 1.807) is 12.3 Å². The second-order valence-electron chi connectivity index (χ2n) is 6.82. The van der Waals surface area contributed by atoms with Gasteiger partial charge in [-0.3, -0.25) is 9.69 Å². The molecular formula is C22H29N5O. The van der Waals surface area contributed by atoms with Crippen LogP contribution in [0.25, 0.3) is 6.08 Å². The van der Waals surface area contributed by atoms with Crippen LogP contribution in [0.2, 0.25) is 0 Å². The summed E-state index contributed by atoms with van der Waals surface area (Å²) in [6.07, 6.45) is 6.01. The summed E-state index contributed by atoms with van der Waals surface area (Å²) >= 11 is 0. The Labute approximate surface area is 167 Å². The van der Waals surface area contributed by atoms with Crippen molar-refractivity contribution in [2.24, 2.45) is 0 Å². The zero-order chi connectivity index (χ0) is 19.8. The summed E-state index contributed by atoms with van der Waals surface area (Å²) < 4.78 is 0. The number of nitrogens with zero attached hydrogens (tertiary/aromatic N) is 5. The van der Waals surface area contributed by atoms with Crippen LogP contribution in [-0.4, -0.2) is 71.5 Å². The summed E-state index contributed by atoms with van der Waals surface area (Å²) in [5.74, 6) is 0.621. The van der Waals surface area contributed by atoms with Crippen molar-refractivity contribution in [2.45, 2.75) is 13.8 Å². The van der Waals surface area contributed by atoms with Gasteiger partial charge in [0.25, 0.3) is 5.91 Å². The Bertz CT molecular complexity index is 781. The second kappa shape index (κ2) is 9.99. The molecule has 0 radical (unpaired) electrons. The molecule has 0 aliphatic carbocycles. The number of carbonyl (C=O) groups excluding carboxylic acids is 1. The van der Waals surface area contributed by atoms with Crippen molar-refractivity contribution in [3.8, 4) is 0 Å². The summed E-state index contributed by atoms with van der Waals surface area (Å²) in [6.45, 7) is 9.87. The molecule has 148 valence electrons. The molecule has 1 aromatic carbocycles. The summed E-state index contributed by atoms with van der Waals surface area (Å²) in [5, 5.41) is 0. The molecule has 1 aliphatic heterocycles. The van der Waals surface area contributed by atoms with Crippen LogP contribution in [0.4, 0.5) is 5.95 Å². The Morgan fingerprint density at radius 1 is 1.07 bits per heavy atom. The fourth-order valence-corrected chi connectivity index (χ4v) is 3.32. The molecule has 2 aromatic rings. The number of carbonyl (C=O) groups is 1. The summed E-state index contributed by atoms with van der Waals surface area (Å²) in [6, 6.07) is 12.0. The highest BCUT2D eigenvalue weighted by Gasteiger charge is 2.23. The number of rotatable bonds is 7. The van der Waals surface area contributed by atoms with Crippen LogP contribution in [-0.2, 0) is 0 Å². The van der Waals surface area contributed by atoms with Gasteiger partial charge in [-0.2, -0.15) is 0 Å². The molecule has 28 heavy (non-hydrogen) atoms. The van der Waals surface area contributed by atoms with Gasteiger partial charge in [0, 0.05) is 52.0 Å². The van der Waals surface area contributed by atoms with E-state index in [2.05, 4.69) is 53.0 Å². The fraction of sp³-hybridized carbons (Fsp3) is 0.409. The zero-order valence-corrected chi connectivity index (χ0v) is 16.8. The number of hydrogen-bond donors (Lipinski definition) is 0. The first-order valence-electron chi connectivity index (χ1n) is 10.0. The van der Waals surface area contributed by atoms with E-state index in [1.165, 1.54) is 5.56 Å². The first-order chi connectivity index (χ1) is 13.7. The quantitative estimate of drug-likeness (QED) is 0.740. The predicted octanol–water partition coefficient (Wildman–Crippen LogP) is 2.79. The van der Waals surface area contributed by atoms with Gasteiger partial charge in [0.15, 0.2) is 0 Å². The molecule has 0 N–H and O–H groups in total. The number of hydrogen-bond acceptors (Lipinski definition) is 5. The van der Waals surface area contributed by atoms with E-state index in [0.717, 1.165) is 45.8 Å². The minimum atomic E-state index is -0.00437. The normalized spacial score (nSPS) is 15.1. The average molecular weight is 380 g/mol. The van der Waals surface area contributed by atoms with Crippen molar-refractivity contribution in [1.29, 1.82) is 0 Å². The third-order valence-corrected chi connectivity index (χ3v) is 5.04. The molecule has 1 fully saturated rings. The number of aromatic nitrogens is 2. The van der Waals surface area contributed by atoms with Crippen LogP contribution in [0.15, 0.2) is 48.7 Å². The van der Waals surface area contributed by atoms with Gasteiger partial charge in [-0.1, -0.05) is 42.5 Å². The lowest BCUT2D eigenvalue weighted by Gasteiger charge is -2.34. The Kier molecular flexibility index (Phi) is 7.14. The zero-order valence-electron chi connectivity index (χ0n) is 16.8. The van der Waals surface area contributed by atoms with Gasteiger partial charge in [0.05, 0.1) is 0 Å². The van der Waals surface area contributed by atoms with Gasteiger partial charge in [0.2, 0.25) is 5.95 Å². The van der Waals surface area contributed by atoms with Crippen LogP contribution >= 0.6 is 0 Å². The van der Waals surface area contributed by atoms with Crippen LogP contribution in [0.3, 0.4) is 0 Å².